The molecule has 4 aromatic rings. The van der Waals surface area contributed by atoms with Crippen LogP contribution < -0.4 is 10.3 Å². The van der Waals surface area contributed by atoms with Crippen LogP contribution in [0.15, 0.2) is 71.7 Å². The van der Waals surface area contributed by atoms with Crippen molar-refractivity contribution in [2.24, 2.45) is 12.5 Å². The first-order chi connectivity index (χ1) is 17.6. The third-order valence-corrected chi connectivity index (χ3v) is 7.22. The third-order valence-electron chi connectivity index (χ3n) is 7.22. The van der Waals surface area contributed by atoms with Crippen LogP contribution in [-0.2, 0) is 20.1 Å². The predicted octanol–water partition coefficient (Wildman–Crippen LogP) is 5.92. The molecule has 0 radical (unpaired) electrons. The quantitative estimate of drug-likeness (QED) is 0.378. The van der Waals surface area contributed by atoms with Crippen molar-refractivity contribution in [1.82, 2.24) is 14.0 Å². The Balaban J connectivity index is 1.53. The maximum absolute atomic E-state index is 13.0. The molecule has 1 unspecified atom stereocenters. The van der Waals surface area contributed by atoms with Gasteiger partial charge in [-0.3, -0.25) is 14.3 Å². The molecule has 37 heavy (non-hydrogen) atoms. The van der Waals surface area contributed by atoms with E-state index in [1.807, 2.05) is 49.5 Å². The molecule has 5 rings (SSSR count). The Bertz CT molecular complexity index is 1510. The predicted molar refractivity (Wildman–Crippen MR) is 145 cm³/mol. The van der Waals surface area contributed by atoms with Crippen molar-refractivity contribution in [3.8, 4) is 11.4 Å². The van der Waals surface area contributed by atoms with Gasteiger partial charge in [-0.2, -0.15) is 0 Å². The second-order valence-electron chi connectivity index (χ2n) is 10.8. The fraction of sp³-hybridized carbons (Fsp3) is 0.333. The van der Waals surface area contributed by atoms with Crippen LogP contribution in [0.1, 0.15) is 50.1 Å². The number of hydrogen-bond donors (Lipinski definition) is 1. The summed E-state index contributed by atoms with van der Waals surface area (Å²) in [6.45, 7) is 7.18. The zero-order valence-electron chi connectivity index (χ0n) is 21.8. The summed E-state index contributed by atoms with van der Waals surface area (Å²) < 4.78 is 9.55. The van der Waals surface area contributed by atoms with E-state index in [1.165, 1.54) is 11.6 Å². The Morgan fingerprint density at radius 1 is 1.08 bits per heavy atom. The number of aryl methyl sites for hydroxylation is 2. The Labute approximate surface area is 216 Å². The van der Waals surface area contributed by atoms with Gasteiger partial charge < -0.3 is 14.4 Å². The Morgan fingerprint density at radius 2 is 1.84 bits per heavy atom. The van der Waals surface area contributed by atoms with E-state index in [4.69, 9.17) is 4.74 Å². The molecule has 0 spiro atoms. The number of carbonyl (C=O) groups is 1. The molecule has 3 heterocycles. The number of rotatable bonds is 4. The van der Waals surface area contributed by atoms with Crippen molar-refractivity contribution in [2.75, 3.05) is 6.54 Å². The molecular formula is C30H33N3O4. The molecule has 1 aliphatic heterocycles. The molecule has 2 aromatic carbocycles. The molecule has 1 aliphatic rings. The number of nitrogens with zero attached hydrogens (tertiary/aromatic N) is 3. The van der Waals surface area contributed by atoms with Crippen molar-refractivity contribution in [3.05, 3.63) is 94.0 Å². The maximum Gasteiger partial charge on any atom is 0.407 e. The number of benzene rings is 2. The van der Waals surface area contributed by atoms with E-state index < -0.39 is 6.09 Å². The summed E-state index contributed by atoms with van der Waals surface area (Å²) in [5, 5.41) is 11.1. The number of hydrogen-bond acceptors (Lipinski definition) is 3. The molecule has 7 nitrogen and oxygen atoms in total. The Kier molecular flexibility index (Phi) is 6.31. The summed E-state index contributed by atoms with van der Waals surface area (Å²) >= 11 is 0. The highest BCUT2D eigenvalue weighted by molar-refractivity contribution is 5.88. The van der Waals surface area contributed by atoms with Gasteiger partial charge in [0.05, 0.1) is 17.2 Å². The number of pyridine rings is 1. The van der Waals surface area contributed by atoms with E-state index >= 15 is 0 Å². The number of aromatic nitrogens is 2. The first-order valence-electron chi connectivity index (χ1n) is 12.7. The van der Waals surface area contributed by atoms with E-state index in [0.29, 0.717) is 18.9 Å². The van der Waals surface area contributed by atoms with E-state index in [9.17, 15) is 14.7 Å². The highest BCUT2D eigenvalue weighted by Crippen LogP contribution is 2.44. The Morgan fingerprint density at radius 3 is 2.51 bits per heavy atom. The SMILES string of the molecule is Cn1c2c(c3ccc(-n4ccc(OCc5ccccc5)cc4=O)cc31)CCCN(C(=O)O)C2C(C)(C)C. The van der Waals surface area contributed by atoms with Gasteiger partial charge in [0.15, 0.2) is 0 Å². The average molecular weight is 500 g/mol. The lowest BCUT2D eigenvalue weighted by Gasteiger charge is -2.38. The van der Waals surface area contributed by atoms with Gasteiger partial charge in [-0.05, 0) is 47.6 Å². The van der Waals surface area contributed by atoms with Gasteiger partial charge in [0.1, 0.15) is 12.4 Å². The lowest BCUT2D eigenvalue weighted by atomic mass is 9.82. The van der Waals surface area contributed by atoms with Gasteiger partial charge in [0.2, 0.25) is 0 Å². The number of carboxylic acid groups (broad SMARTS) is 1. The lowest BCUT2D eigenvalue weighted by Crippen LogP contribution is -2.41. The lowest BCUT2D eigenvalue weighted by molar-refractivity contribution is 0.0806. The summed E-state index contributed by atoms with van der Waals surface area (Å²) in [7, 11) is 2.00. The number of ether oxygens (including phenoxy) is 1. The molecule has 0 saturated heterocycles. The molecule has 7 heteroatoms. The van der Waals surface area contributed by atoms with E-state index in [1.54, 1.807) is 21.7 Å². The molecule has 0 aliphatic carbocycles. The van der Waals surface area contributed by atoms with Gasteiger partial charge in [-0.15, -0.1) is 0 Å². The molecule has 1 amide bonds. The second kappa shape index (κ2) is 9.47. The van der Waals surface area contributed by atoms with Crippen LogP contribution in [0.3, 0.4) is 0 Å². The fourth-order valence-electron chi connectivity index (χ4n) is 5.58. The molecule has 1 atom stereocenters. The van der Waals surface area contributed by atoms with Crippen molar-refractivity contribution in [1.29, 1.82) is 0 Å². The first kappa shape index (κ1) is 24.7. The maximum atomic E-state index is 13.0. The molecular weight excluding hydrogens is 466 g/mol. The average Bonchev–Trinajstić information content (AvgIpc) is 3.00. The van der Waals surface area contributed by atoms with Crippen LogP contribution in [0.4, 0.5) is 4.79 Å². The van der Waals surface area contributed by atoms with E-state index in [0.717, 1.165) is 40.7 Å². The Hall–Kier alpha value is -4.00. The van der Waals surface area contributed by atoms with Crippen molar-refractivity contribution >= 4 is 17.0 Å². The number of amides is 1. The summed E-state index contributed by atoms with van der Waals surface area (Å²) in [4.78, 5) is 26.8. The van der Waals surface area contributed by atoms with Gasteiger partial charge in [0, 0.05) is 36.9 Å². The topological polar surface area (TPSA) is 76.7 Å². The van der Waals surface area contributed by atoms with Crippen molar-refractivity contribution in [3.63, 3.8) is 0 Å². The van der Waals surface area contributed by atoms with Crippen LogP contribution in [-0.4, -0.2) is 31.8 Å². The van der Waals surface area contributed by atoms with Crippen LogP contribution in [0.5, 0.6) is 5.75 Å². The minimum absolute atomic E-state index is 0.176. The molecule has 0 fully saturated rings. The third kappa shape index (κ3) is 4.61. The van der Waals surface area contributed by atoms with Crippen LogP contribution in [0.25, 0.3) is 16.6 Å². The second-order valence-corrected chi connectivity index (χ2v) is 10.8. The minimum Gasteiger partial charge on any atom is -0.489 e. The monoisotopic (exact) mass is 499 g/mol. The standard InChI is InChI=1S/C30H33N3O4/c1-30(2,3)28-27-24(11-8-15-33(28)29(35)36)23-13-12-21(17-25(23)31(27)4)32-16-14-22(18-26(32)34)37-19-20-9-6-5-7-10-20/h5-7,9-10,12-14,16-18,28H,8,11,15,19H2,1-4H3,(H,35,36). The molecule has 192 valence electrons. The number of fused-ring (bicyclic) bond motifs is 3. The summed E-state index contributed by atoms with van der Waals surface area (Å²) in [6, 6.07) is 18.9. The largest absolute Gasteiger partial charge is 0.489 e. The molecule has 0 bridgehead atoms. The van der Waals surface area contributed by atoms with Crippen molar-refractivity contribution in [2.45, 2.75) is 46.3 Å². The highest BCUT2D eigenvalue weighted by Gasteiger charge is 2.40. The minimum atomic E-state index is -0.889. The zero-order valence-corrected chi connectivity index (χ0v) is 21.8. The molecule has 1 N–H and O–H groups in total. The summed E-state index contributed by atoms with van der Waals surface area (Å²) in [5.41, 5.74) is 4.56. The normalized spacial score (nSPS) is 15.9. The zero-order chi connectivity index (χ0) is 26.3. The molecule has 0 saturated carbocycles. The van der Waals surface area contributed by atoms with Crippen LogP contribution in [0, 0.1) is 5.41 Å². The van der Waals surface area contributed by atoms with Crippen molar-refractivity contribution < 1.29 is 14.6 Å². The van der Waals surface area contributed by atoms with Gasteiger partial charge in [0.25, 0.3) is 5.56 Å². The molecule has 2 aromatic heterocycles. The first-order valence-corrected chi connectivity index (χ1v) is 12.7. The van der Waals surface area contributed by atoms with Gasteiger partial charge in [-0.1, -0.05) is 57.2 Å². The summed E-state index contributed by atoms with van der Waals surface area (Å²) in [5.74, 6) is 0.526. The fourth-order valence-corrected chi connectivity index (χ4v) is 5.58. The van der Waals surface area contributed by atoms with Crippen LogP contribution in [0.2, 0.25) is 0 Å². The van der Waals surface area contributed by atoms with Gasteiger partial charge >= 0.3 is 6.09 Å². The summed E-state index contributed by atoms with van der Waals surface area (Å²) in [6.07, 6.45) is 2.44. The van der Waals surface area contributed by atoms with E-state index in [2.05, 4.69) is 31.4 Å². The van der Waals surface area contributed by atoms with Crippen LogP contribution >= 0.6 is 0 Å². The smallest absolute Gasteiger partial charge is 0.407 e. The van der Waals surface area contributed by atoms with E-state index in [-0.39, 0.29) is 17.0 Å². The van der Waals surface area contributed by atoms with Gasteiger partial charge in [-0.25, -0.2) is 4.79 Å². The highest BCUT2D eigenvalue weighted by atomic mass is 16.5.